The Morgan fingerprint density at radius 2 is 2.55 bits per heavy atom. The molecule has 0 saturated carbocycles. The second kappa shape index (κ2) is 3.71. The maximum Gasteiger partial charge on any atom is 0.141 e. The highest BCUT2D eigenvalue weighted by molar-refractivity contribution is 5.63. The van der Waals surface area contributed by atoms with Gasteiger partial charge in [0.25, 0.3) is 0 Å². The molecule has 1 rings (SSSR count). The van der Waals surface area contributed by atoms with E-state index in [0.717, 1.165) is 12.0 Å². The molecule has 0 aromatic carbocycles. The molecule has 0 aliphatic heterocycles. The van der Waals surface area contributed by atoms with E-state index in [4.69, 9.17) is 0 Å². The Kier molecular flexibility index (Phi) is 2.60. The van der Waals surface area contributed by atoms with Crippen LogP contribution in [0.25, 0.3) is 0 Å². The van der Waals surface area contributed by atoms with Crippen molar-refractivity contribution in [1.82, 2.24) is 4.98 Å². The highest BCUT2D eigenvalue weighted by atomic mass is 16.1. The molecule has 1 atom stereocenters. The predicted molar refractivity (Wildman–Crippen MR) is 43.4 cm³/mol. The van der Waals surface area contributed by atoms with Gasteiger partial charge in [0.05, 0.1) is 11.7 Å². The van der Waals surface area contributed by atoms with Crippen LogP contribution in [0.1, 0.15) is 6.92 Å². The van der Waals surface area contributed by atoms with Crippen molar-refractivity contribution in [2.24, 2.45) is 0 Å². The molecule has 0 aliphatic rings. The Hall–Kier alpha value is -1.38. The summed E-state index contributed by atoms with van der Waals surface area (Å²) in [4.78, 5) is 14.1. The lowest BCUT2D eigenvalue weighted by Gasteiger charge is -2.06. The van der Waals surface area contributed by atoms with Crippen LogP contribution in [0, 0.1) is 0 Å². The third-order valence-electron chi connectivity index (χ3n) is 1.26. The summed E-state index contributed by atoms with van der Waals surface area (Å²) in [5.74, 6) is 0. The average molecular weight is 150 g/mol. The Bertz CT molecular complexity index is 223. The number of carbonyl (C=O) groups excluding carboxylic acids is 1. The Morgan fingerprint density at radius 3 is 3.09 bits per heavy atom. The molecule has 0 radical (unpaired) electrons. The predicted octanol–water partition coefficient (Wildman–Crippen LogP) is 1.08. The summed E-state index contributed by atoms with van der Waals surface area (Å²) in [5, 5.41) is 2.96. The number of nitrogens with one attached hydrogen (secondary N) is 1. The van der Waals surface area contributed by atoms with Crippen LogP contribution in [0.15, 0.2) is 24.5 Å². The van der Waals surface area contributed by atoms with Crippen LogP contribution in [0.3, 0.4) is 0 Å². The van der Waals surface area contributed by atoms with Crippen molar-refractivity contribution in [3.63, 3.8) is 0 Å². The van der Waals surface area contributed by atoms with Gasteiger partial charge in [-0.3, -0.25) is 4.98 Å². The summed E-state index contributed by atoms with van der Waals surface area (Å²) in [6, 6.07) is 3.53. The molecule has 0 bridgehead atoms. The molecule has 0 spiro atoms. The molecule has 1 aromatic rings. The Morgan fingerprint density at radius 1 is 1.73 bits per heavy atom. The molecule has 58 valence electrons. The summed E-state index contributed by atoms with van der Waals surface area (Å²) in [5.41, 5.74) is 0.868. The van der Waals surface area contributed by atoms with Crippen LogP contribution in [-0.2, 0) is 4.79 Å². The van der Waals surface area contributed by atoms with E-state index in [0.29, 0.717) is 0 Å². The largest absolute Gasteiger partial charge is 0.375 e. The van der Waals surface area contributed by atoms with Gasteiger partial charge in [0.1, 0.15) is 6.29 Å². The minimum absolute atomic E-state index is 0.154. The quantitative estimate of drug-likeness (QED) is 0.655. The van der Waals surface area contributed by atoms with Crippen molar-refractivity contribution in [3.05, 3.63) is 24.5 Å². The second-order valence-electron chi connectivity index (χ2n) is 2.31. The van der Waals surface area contributed by atoms with Crippen molar-refractivity contribution in [1.29, 1.82) is 0 Å². The maximum absolute atomic E-state index is 10.2. The topological polar surface area (TPSA) is 42.0 Å². The van der Waals surface area contributed by atoms with E-state index in [-0.39, 0.29) is 6.04 Å². The zero-order valence-electron chi connectivity index (χ0n) is 6.32. The Balaban J connectivity index is 2.57. The number of carbonyl (C=O) groups is 1. The molecule has 0 amide bonds. The van der Waals surface area contributed by atoms with Gasteiger partial charge in [0.2, 0.25) is 0 Å². The SMILES string of the molecule is C[C@@H](C=O)Nc1cccnc1. The van der Waals surface area contributed by atoms with E-state index in [1.807, 2.05) is 12.1 Å². The maximum atomic E-state index is 10.2. The summed E-state index contributed by atoms with van der Waals surface area (Å²) in [6.45, 7) is 1.79. The highest BCUT2D eigenvalue weighted by Crippen LogP contribution is 2.03. The lowest BCUT2D eigenvalue weighted by molar-refractivity contribution is -0.108. The zero-order valence-corrected chi connectivity index (χ0v) is 6.32. The first-order chi connectivity index (χ1) is 5.33. The third-order valence-corrected chi connectivity index (χ3v) is 1.26. The number of hydrogen-bond acceptors (Lipinski definition) is 3. The van der Waals surface area contributed by atoms with Crippen molar-refractivity contribution < 1.29 is 4.79 Å². The van der Waals surface area contributed by atoms with E-state index >= 15 is 0 Å². The van der Waals surface area contributed by atoms with Gasteiger partial charge in [0, 0.05) is 12.4 Å². The number of rotatable bonds is 3. The van der Waals surface area contributed by atoms with Gasteiger partial charge in [-0.15, -0.1) is 0 Å². The number of nitrogens with zero attached hydrogens (tertiary/aromatic N) is 1. The lowest BCUT2D eigenvalue weighted by atomic mass is 10.3. The van der Waals surface area contributed by atoms with Gasteiger partial charge in [-0.05, 0) is 19.1 Å². The molecule has 11 heavy (non-hydrogen) atoms. The minimum atomic E-state index is -0.154. The van der Waals surface area contributed by atoms with Gasteiger partial charge in [-0.1, -0.05) is 0 Å². The number of pyridine rings is 1. The van der Waals surface area contributed by atoms with Gasteiger partial charge in [-0.2, -0.15) is 0 Å². The van der Waals surface area contributed by atoms with E-state index in [1.54, 1.807) is 19.3 Å². The van der Waals surface area contributed by atoms with Crippen molar-refractivity contribution in [2.75, 3.05) is 5.32 Å². The molecule has 0 fully saturated rings. The molecular weight excluding hydrogens is 140 g/mol. The first kappa shape index (κ1) is 7.72. The number of anilines is 1. The smallest absolute Gasteiger partial charge is 0.141 e. The highest BCUT2D eigenvalue weighted by Gasteiger charge is 1.96. The minimum Gasteiger partial charge on any atom is -0.375 e. The lowest BCUT2D eigenvalue weighted by Crippen LogP contribution is -2.15. The fourth-order valence-corrected chi connectivity index (χ4v) is 0.745. The van der Waals surface area contributed by atoms with Gasteiger partial charge in [0.15, 0.2) is 0 Å². The van der Waals surface area contributed by atoms with Crippen LogP contribution in [0.5, 0.6) is 0 Å². The second-order valence-corrected chi connectivity index (χ2v) is 2.31. The van der Waals surface area contributed by atoms with Crippen LogP contribution < -0.4 is 5.32 Å². The summed E-state index contributed by atoms with van der Waals surface area (Å²) < 4.78 is 0. The molecule has 0 unspecified atom stereocenters. The zero-order chi connectivity index (χ0) is 8.10. The van der Waals surface area contributed by atoms with Crippen LogP contribution in [0.4, 0.5) is 5.69 Å². The van der Waals surface area contributed by atoms with E-state index in [1.165, 1.54) is 0 Å². The molecule has 0 aliphatic carbocycles. The van der Waals surface area contributed by atoms with Gasteiger partial charge < -0.3 is 10.1 Å². The van der Waals surface area contributed by atoms with Crippen molar-refractivity contribution in [2.45, 2.75) is 13.0 Å². The van der Waals surface area contributed by atoms with Crippen molar-refractivity contribution >= 4 is 12.0 Å². The number of aromatic nitrogens is 1. The summed E-state index contributed by atoms with van der Waals surface area (Å²) >= 11 is 0. The van der Waals surface area contributed by atoms with Crippen LogP contribution in [-0.4, -0.2) is 17.3 Å². The molecule has 1 heterocycles. The van der Waals surface area contributed by atoms with E-state index in [9.17, 15) is 4.79 Å². The van der Waals surface area contributed by atoms with Crippen LogP contribution in [0.2, 0.25) is 0 Å². The van der Waals surface area contributed by atoms with Gasteiger partial charge >= 0.3 is 0 Å². The summed E-state index contributed by atoms with van der Waals surface area (Å²) in [7, 11) is 0. The van der Waals surface area contributed by atoms with E-state index in [2.05, 4.69) is 10.3 Å². The molecular formula is C8H10N2O. The summed E-state index contributed by atoms with van der Waals surface area (Å²) in [6.07, 6.45) is 4.23. The monoisotopic (exact) mass is 150 g/mol. The van der Waals surface area contributed by atoms with Crippen LogP contribution >= 0.6 is 0 Å². The fourth-order valence-electron chi connectivity index (χ4n) is 0.745. The standard InChI is InChI=1S/C8H10N2O/c1-7(6-11)10-8-3-2-4-9-5-8/h2-7,10H,1H3/t7-/m0/s1. The normalized spacial score (nSPS) is 12.1. The number of aldehydes is 1. The number of hydrogen-bond donors (Lipinski definition) is 1. The molecule has 3 heteroatoms. The first-order valence-electron chi connectivity index (χ1n) is 3.45. The third kappa shape index (κ3) is 2.37. The average Bonchev–Trinajstić information content (AvgIpc) is 2.06. The van der Waals surface area contributed by atoms with E-state index < -0.39 is 0 Å². The molecule has 1 aromatic heterocycles. The van der Waals surface area contributed by atoms with Crippen molar-refractivity contribution in [3.8, 4) is 0 Å². The molecule has 3 nitrogen and oxygen atoms in total. The Labute approximate surface area is 65.5 Å². The van der Waals surface area contributed by atoms with Gasteiger partial charge in [-0.25, -0.2) is 0 Å². The molecule has 0 saturated heterocycles. The first-order valence-corrected chi connectivity index (χ1v) is 3.45. The fraction of sp³-hybridized carbons (Fsp3) is 0.250. The molecule has 1 N–H and O–H groups in total.